The highest BCUT2D eigenvalue weighted by Gasteiger charge is 2.64. The lowest BCUT2D eigenvalue weighted by atomic mass is 9.89. The summed E-state index contributed by atoms with van der Waals surface area (Å²) < 4.78 is 64.7. The molecule has 19 nitrogen and oxygen atoms in total. The van der Waals surface area contributed by atoms with Gasteiger partial charge in [-0.3, -0.25) is 33.5 Å². The Balaban J connectivity index is 0.000000173. The van der Waals surface area contributed by atoms with Gasteiger partial charge in [0.15, 0.2) is 11.6 Å². The first-order chi connectivity index (χ1) is 48.0. The highest BCUT2D eigenvalue weighted by atomic mass is 79.9. The molecule has 14 rings (SSSR count). The summed E-state index contributed by atoms with van der Waals surface area (Å²) >= 11 is 9.87. The first-order valence-electron chi connectivity index (χ1n) is 35.4. The van der Waals surface area contributed by atoms with Gasteiger partial charge in [0.25, 0.3) is 10.4 Å². The van der Waals surface area contributed by atoms with Crippen molar-refractivity contribution in [1.82, 2.24) is 24.5 Å². The monoisotopic (exact) mass is 1580 g/mol. The molecular formula is C76H90Br2N6O13S4. The van der Waals surface area contributed by atoms with E-state index in [0.29, 0.717) is 61.8 Å². The summed E-state index contributed by atoms with van der Waals surface area (Å²) in [6.45, 7) is 7.92. The van der Waals surface area contributed by atoms with E-state index in [2.05, 4.69) is 96.0 Å². The molecule has 8 aliphatic rings. The number of carboxylic acid groups (broad SMARTS) is 1. The molecule has 3 amide bonds. The lowest BCUT2D eigenvalue weighted by molar-refractivity contribution is -0.147. The molecule has 2 aromatic heterocycles. The van der Waals surface area contributed by atoms with Gasteiger partial charge in [-0.2, -0.15) is 0 Å². The largest absolute Gasteiger partial charge is 0.481 e. The number of carbonyl (C=O) groups excluding carboxylic acids is 5. The number of nitrogens with one attached hydrogen (secondary N) is 1. The molecule has 4 aliphatic carbocycles. The van der Waals surface area contributed by atoms with Crippen molar-refractivity contribution in [2.75, 3.05) is 13.1 Å². The molecule has 4 aliphatic heterocycles. The fraction of sp³-hybridized carbons (Fsp3) is 0.526. The Labute approximate surface area is 616 Å². The normalized spacial score (nSPS) is 28.7. The van der Waals surface area contributed by atoms with E-state index in [1.807, 2.05) is 73.7 Å². The summed E-state index contributed by atoms with van der Waals surface area (Å²) in [6.07, 6.45) is 21.0. The second-order valence-electron chi connectivity index (χ2n) is 30.0. The van der Waals surface area contributed by atoms with E-state index in [1.54, 1.807) is 23.6 Å². The van der Waals surface area contributed by atoms with Crippen LogP contribution in [0.15, 0.2) is 118 Å². The van der Waals surface area contributed by atoms with Gasteiger partial charge < -0.3 is 24.4 Å². The zero-order chi connectivity index (χ0) is 71.8. The number of thiazole rings is 2. The van der Waals surface area contributed by atoms with E-state index < -0.39 is 76.5 Å². The predicted octanol–water partition coefficient (Wildman–Crippen LogP) is 14.0. The van der Waals surface area contributed by atoms with E-state index in [1.165, 1.54) is 22.7 Å². The molecule has 540 valence electrons. The van der Waals surface area contributed by atoms with Crippen molar-refractivity contribution in [3.05, 3.63) is 140 Å². The number of halogens is 2. The highest BCUT2D eigenvalue weighted by molar-refractivity contribution is 9.10. The number of sulfonamides is 2. The van der Waals surface area contributed by atoms with E-state index in [0.717, 1.165) is 122 Å². The molecule has 2 saturated heterocycles. The van der Waals surface area contributed by atoms with Crippen molar-refractivity contribution in [2.24, 2.45) is 39.6 Å². The van der Waals surface area contributed by atoms with Crippen LogP contribution < -0.4 is 19.3 Å². The maximum Gasteiger partial charge on any atom is 0.310 e. The van der Waals surface area contributed by atoms with Crippen molar-refractivity contribution in [2.45, 2.75) is 203 Å². The van der Waals surface area contributed by atoms with E-state index in [-0.39, 0.29) is 79.4 Å². The van der Waals surface area contributed by atoms with Crippen LogP contribution in [0.1, 0.15) is 165 Å². The van der Waals surface area contributed by atoms with Crippen molar-refractivity contribution in [1.29, 1.82) is 0 Å². The number of nitrogens with two attached hydrogens (primary N) is 1. The van der Waals surface area contributed by atoms with Crippen LogP contribution in [-0.4, -0.2) is 124 Å². The van der Waals surface area contributed by atoms with Crippen LogP contribution in [0.2, 0.25) is 0 Å². The van der Waals surface area contributed by atoms with Gasteiger partial charge in [0, 0.05) is 46.5 Å². The molecule has 4 aromatic carbocycles. The molecule has 6 fully saturated rings. The summed E-state index contributed by atoms with van der Waals surface area (Å²) in [6, 6.07) is 26.6. The van der Waals surface area contributed by atoms with Gasteiger partial charge in [0.05, 0.1) is 65.9 Å². The van der Waals surface area contributed by atoms with Crippen LogP contribution in [0.25, 0.3) is 20.4 Å². The second-order valence-corrected chi connectivity index (χ2v) is 38.1. The van der Waals surface area contributed by atoms with Crippen molar-refractivity contribution in [3.63, 3.8) is 0 Å². The summed E-state index contributed by atoms with van der Waals surface area (Å²) in [4.78, 5) is 96.3. The molecule has 4 N–H and O–H groups in total. The summed E-state index contributed by atoms with van der Waals surface area (Å²) in [7, 11) is -7.11. The molecular weight excluding hydrogens is 1490 g/mol. The van der Waals surface area contributed by atoms with Crippen molar-refractivity contribution in [3.8, 4) is 10.4 Å². The Bertz CT molecular complexity index is 4450. The average molecular weight is 1580 g/mol. The number of carbonyl (C=O) groups is 6. The number of benzene rings is 4. The van der Waals surface area contributed by atoms with Gasteiger partial charge in [-0.05, 0) is 177 Å². The Morgan fingerprint density at radius 1 is 0.624 bits per heavy atom. The van der Waals surface area contributed by atoms with Gasteiger partial charge in [-0.25, -0.2) is 31.9 Å². The minimum atomic E-state index is -3.88. The number of nitrogens with zero attached hydrogens (tertiary/aromatic N) is 4. The molecule has 0 radical (unpaired) electrons. The first kappa shape index (κ1) is 74.5. The maximum absolute atomic E-state index is 14.6. The zero-order valence-corrected chi connectivity index (χ0v) is 64.0. The van der Waals surface area contributed by atoms with Gasteiger partial charge >= 0.3 is 5.97 Å². The lowest BCUT2D eigenvalue weighted by Crippen LogP contribution is -2.47. The van der Waals surface area contributed by atoms with Crippen LogP contribution in [0.5, 0.6) is 10.4 Å². The number of hydrogen-bond donors (Lipinski definition) is 3. The summed E-state index contributed by atoms with van der Waals surface area (Å²) in [5, 5.41) is 16.0. The minimum absolute atomic E-state index is 0.0381. The number of ketones is 2. The Morgan fingerprint density at radius 2 is 1.07 bits per heavy atom. The number of Topliss-reactive ketones (excluding diaryl/α,β-unsaturated/α-hetero) is 2. The number of aliphatic carboxylic acids is 1. The Morgan fingerprint density at radius 3 is 1.50 bits per heavy atom. The van der Waals surface area contributed by atoms with Gasteiger partial charge in [-0.1, -0.05) is 164 Å². The number of primary sulfonamides is 1. The Kier molecular flexibility index (Phi) is 22.5. The highest BCUT2D eigenvalue weighted by Crippen LogP contribution is 2.59. The third-order valence-electron chi connectivity index (χ3n) is 22.0. The second kappa shape index (κ2) is 30.5. The SMILES string of the molecule is CC1(S(N)(=O)=O)CC1.Cc1cccc(C[C@H]2CCCCC/C=C\[C@@H]3C[C@@]3(C(=O)NS(=O)(=O)C3(C)CC3)CC(=O)[C@@H]3C[C@@H](Oc4nc5ccc(Br)cc5s4)CN3C2=O)c1.Cc1cccc(C[C@H]2CCCCC/C=C\[C@@H]3C[C@@]3(C(=O)O)CC(=O)[C@@H]3C[C@@H](Oc4nc5ccc(Br)cc5s4)CN3C2=O)c1. The standard InChI is InChI=1S/C38H44BrN3O6S2.C34H37BrN2O5S.C4H9NO2S/c1-24-9-8-10-25(17-24)18-26-11-6-4-3-5-7-12-27-21-38(27,35(45)41-50(46,47)37(2)15-16-37)22-32(43)31-20-29(23-42(31)34(26)44)48-36-40-30-14-13-28(39)19-33(30)49-36;1-21-8-7-9-22(14-21)15-23-10-5-3-2-4-6-11-24-18-34(24,32(40)41)19-29(38)28-17-26(20-37(28)31(23)39)42-33-36-27-13-12-25(35)16-30(27)43-33;1-4(2-3-4)8(5,6)7/h7-10,12-14,17,19,26-27,29,31H,3-6,11,15-16,18,20-23H2,1-2H3,(H,41,45);6-9,11-14,16,23-24,26,28H,2-5,10,15,17-20H2,1H3,(H,40,41);2-3H2,1H3,(H2,5,6,7)/b12-7-;11-6-;/t26-,27-,29-,31+,38-;23-,24-,26-,28+,34-;/m11./s1. The third-order valence-corrected chi connectivity index (χ3v) is 28.8. The molecule has 0 unspecified atom stereocenters. The van der Waals surface area contributed by atoms with E-state index in [9.17, 15) is 50.7 Å². The number of fused-ring (bicyclic) bond motifs is 6. The Hall–Kier alpha value is -6.22. The minimum Gasteiger partial charge on any atom is -0.481 e. The number of carboxylic acids is 1. The maximum atomic E-state index is 14.6. The number of aromatic nitrogens is 2. The number of amides is 3. The first-order valence-corrected chi connectivity index (χ1v) is 41.7. The number of rotatable bonds is 13. The van der Waals surface area contributed by atoms with Crippen LogP contribution in [0.4, 0.5) is 0 Å². The average Bonchev–Trinajstić information content (AvgIpc) is 1.54. The number of ether oxygens (including phenoxy) is 2. The summed E-state index contributed by atoms with van der Waals surface area (Å²) in [5.41, 5.74) is 3.87. The molecule has 4 saturated carbocycles. The van der Waals surface area contributed by atoms with Crippen LogP contribution in [0, 0.1) is 48.3 Å². The third kappa shape index (κ3) is 17.4. The van der Waals surface area contributed by atoms with Crippen molar-refractivity contribution < 1.29 is 60.2 Å². The number of allylic oxidation sites excluding steroid dienone is 4. The van der Waals surface area contributed by atoms with Crippen LogP contribution in [-0.2, 0) is 61.7 Å². The van der Waals surface area contributed by atoms with Crippen LogP contribution in [0.3, 0.4) is 0 Å². The van der Waals surface area contributed by atoms with Crippen LogP contribution >= 0.6 is 54.5 Å². The van der Waals surface area contributed by atoms with Crippen molar-refractivity contribution >= 4 is 130 Å². The number of aryl methyl sites for hydroxylation is 2. The molecule has 25 heteroatoms. The number of hydrogen-bond acceptors (Lipinski definition) is 16. The topological polar surface area (TPSA) is 280 Å². The molecule has 0 spiro atoms. The summed E-state index contributed by atoms with van der Waals surface area (Å²) in [5.74, 6) is -3.05. The predicted molar refractivity (Wildman–Crippen MR) is 398 cm³/mol. The van der Waals surface area contributed by atoms with Gasteiger partial charge in [-0.15, -0.1) is 0 Å². The smallest absolute Gasteiger partial charge is 0.310 e. The lowest BCUT2D eigenvalue weighted by Gasteiger charge is -2.29. The van der Waals surface area contributed by atoms with E-state index in [4.69, 9.17) is 14.6 Å². The molecule has 10 atom stereocenters. The fourth-order valence-electron chi connectivity index (χ4n) is 14.9. The fourth-order valence-corrected chi connectivity index (χ4v) is 19.7. The van der Waals surface area contributed by atoms with Gasteiger partial charge in [0.2, 0.25) is 37.8 Å². The quantitative estimate of drug-likeness (QED) is 0.0906. The molecule has 0 bridgehead atoms. The van der Waals surface area contributed by atoms with Gasteiger partial charge in [0.1, 0.15) is 12.2 Å². The molecule has 101 heavy (non-hydrogen) atoms. The molecule has 6 heterocycles. The van der Waals surface area contributed by atoms with E-state index >= 15 is 0 Å². The zero-order valence-electron chi connectivity index (χ0n) is 57.6. The molecule has 6 aromatic rings.